The van der Waals surface area contributed by atoms with Crippen molar-refractivity contribution in [2.24, 2.45) is 5.92 Å². The van der Waals surface area contributed by atoms with Crippen molar-refractivity contribution in [2.45, 2.75) is 75.2 Å². The highest BCUT2D eigenvalue weighted by Crippen LogP contribution is 2.48. The van der Waals surface area contributed by atoms with E-state index in [1.807, 2.05) is 0 Å². The summed E-state index contributed by atoms with van der Waals surface area (Å²) in [6.45, 7) is 3.21. The van der Waals surface area contributed by atoms with Crippen molar-refractivity contribution in [3.63, 3.8) is 0 Å². The van der Waals surface area contributed by atoms with Crippen molar-refractivity contribution in [1.82, 2.24) is 10.2 Å². The summed E-state index contributed by atoms with van der Waals surface area (Å²) in [6, 6.07) is 11.8. The number of nitrogens with one attached hydrogen (secondary N) is 1. The molecule has 0 aromatic heterocycles. The van der Waals surface area contributed by atoms with E-state index in [4.69, 9.17) is 27.9 Å². The van der Waals surface area contributed by atoms with E-state index in [1.54, 1.807) is 74.6 Å². The molecule has 1 saturated heterocycles. The van der Waals surface area contributed by atoms with Gasteiger partial charge in [-0.05, 0) is 74.9 Å². The van der Waals surface area contributed by atoms with Gasteiger partial charge in [-0.25, -0.2) is 8.42 Å². The Bertz CT molecular complexity index is 1410. The lowest BCUT2D eigenvalue weighted by molar-refractivity contribution is -0.181. The molecule has 2 aliphatic rings. The molecule has 1 aliphatic carbocycles. The number of ether oxygens (including phenoxy) is 1. The number of nitrogens with zero attached hydrogens (tertiary/aromatic N) is 1. The van der Waals surface area contributed by atoms with Crippen molar-refractivity contribution in [3.8, 4) is 0 Å². The highest BCUT2D eigenvalue weighted by Gasteiger charge is 2.52. The minimum absolute atomic E-state index is 0.126. The molecular weight excluding hydrogens is 616 g/mol. The Labute approximate surface area is 253 Å². The third kappa shape index (κ3) is 7.78. The van der Waals surface area contributed by atoms with E-state index in [0.717, 1.165) is 0 Å². The van der Waals surface area contributed by atoms with Gasteiger partial charge < -0.3 is 15.0 Å². The molecule has 42 heavy (non-hydrogen) atoms. The van der Waals surface area contributed by atoms with Crippen molar-refractivity contribution in [2.75, 3.05) is 12.3 Å². The molecule has 4 atom stereocenters. The first-order chi connectivity index (χ1) is 19.5. The number of hydrogen-bond donors (Lipinski definition) is 1. The molecule has 0 radical (unpaired) electrons. The van der Waals surface area contributed by atoms with Crippen LogP contribution in [0.2, 0.25) is 10.0 Å². The lowest BCUT2D eigenvalue weighted by Gasteiger charge is -2.48. The van der Waals surface area contributed by atoms with E-state index in [2.05, 4.69) is 0 Å². The number of hydrogen-bond acceptors (Lipinski definition) is 5. The van der Waals surface area contributed by atoms with Gasteiger partial charge in [-0.15, -0.1) is 0 Å². The van der Waals surface area contributed by atoms with Gasteiger partial charge in [0, 0.05) is 16.1 Å². The fraction of sp³-hybridized carbons (Fsp3) is 0.517. The normalized spacial score (nSPS) is 22.6. The van der Waals surface area contributed by atoms with Crippen LogP contribution in [0.5, 0.6) is 0 Å². The maximum atomic E-state index is 14.2. The summed E-state index contributed by atoms with van der Waals surface area (Å²) in [5.74, 6) is -2.15. The number of alkyl halides is 3. The van der Waals surface area contributed by atoms with Gasteiger partial charge in [-0.3, -0.25) is 9.59 Å². The Morgan fingerprint density at radius 1 is 1.05 bits per heavy atom. The van der Waals surface area contributed by atoms with Crippen LogP contribution in [0.4, 0.5) is 13.2 Å². The Morgan fingerprint density at radius 3 is 2.24 bits per heavy atom. The molecule has 1 N–H and O–H groups in total. The second kappa shape index (κ2) is 12.3. The SMILES string of the molecule is CC(C)(C)S(=O)(=O)C[C@H](C1CC1)N1C(=O)[C@H](CC(=O)NCC(F)(F)F)O[C@H](c2cccc(Cl)c2)[C@H]1c1ccc(Cl)cc1. The van der Waals surface area contributed by atoms with E-state index in [9.17, 15) is 31.2 Å². The number of rotatable bonds is 9. The van der Waals surface area contributed by atoms with Crippen LogP contribution in [0.3, 0.4) is 0 Å². The van der Waals surface area contributed by atoms with Crippen LogP contribution in [0.15, 0.2) is 48.5 Å². The lowest BCUT2D eigenvalue weighted by Crippen LogP contribution is -2.58. The van der Waals surface area contributed by atoms with Gasteiger partial charge in [-0.1, -0.05) is 47.5 Å². The second-order valence-electron chi connectivity index (χ2n) is 11.7. The molecule has 1 heterocycles. The van der Waals surface area contributed by atoms with Gasteiger partial charge in [0.2, 0.25) is 5.91 Å². The molecule has 13 heteroatoms. The van der Waals surface area contributed by atoms with Crippen LogP contribution in [0, 0.1) is 5.92 Å². The fourth-order valence-electron chi connectivity index (χ4n) is 5.04. The molecule has 2 aromatic carbocycles. The summed E-state index contributed by atoms with van der Waals surface area (Å²) >= 11 is 12.5. The average Bonchev–Trinajstić information content (AvgIpc) is 3.72. The van der Waals surface area contributed by atoms with Crippen LogP contribution in [0.25, 0.3) is 0 Å². The highest BCUT2D eigenvalue weighted by molar-refractivity contribution is 7.92. The molecular formula is C29H33Cl2F3N2O5S. The summed E-state index contributed by atoms with van der Waals surface area (Å²) in [6.07, 6.45) is -6.33. The third-order valence-electron chi connectivity index (χ3n) is 7.52. The van der Waals surface area contributed by atoms with Crippen LogP contribution < -0.4 is 5.32 Å². The van der Waals surface area contributed by atoms with Crippen molar-refractivity contribution in [3.05, 3.63) is 69.7 Å². The summed E-state index contributed by atoms with van der Waals surface area (Å²) < 4.78 is 70.5. The van der Waals surface area contributed by atoms with Crippen LogP contribution in [-0.2, 0) is 24.2 Å². The van der Waals surface area contributed by atoms with Crippen molar-refractivity contribution >= 4 is 44.9 Å². The van der Waals surface area contributed by atoms with Crippen molar-refractivity contribution in [1.29, 1.82) is 0 Å². The first kappa shape index (κ1) is 32.6. The molecule has 2 amide bonds. The lowest BCUT2D eigenvalue weighted by atomic mass is 9.89. The number of amides is 2. The molecule has 2 fully saturated rings. The summed E-state index contributed by atoms with van der Waals surface area (Å²) in [5.41, 5.74) is 1.16. The molecule has 1 saturated carbocycles. The predicted octanol–water partition coefficient (Wildman–Crippen LogP) is 6.06. The minimum atomic E-state index is -4.64. The predicted molar refractivity (Wildman–Crippen MR) is 154 cm³/mol. The van der Waals surface area contributed by atoms with Gasteiger partial charge in [-0.2, -0.15) is 13.2 Å². The maximum absolute atomic E-state index is 14.2. The van der Waals surface area contributed by atoms with Gasteiger partial charge in [0.05, 0.1) is 23.0 Å². The number of sulfone groups is 1. The number of carbonyl (C=O) groups excluding carboxylic acids is 2. The number of carbonyl (C=O) groups is 2. The van der Waals surface area contributed by atoms with E-state index in [0.29, 0.717) is 34.0 Å². The molecule has 0 unspecified atom stereocenters. The second-order valence-corrected chi connectivity index (χ2v) is 15.4. The van der Waals surface area contributed by atoms with E-state index >= 15 is 0 Å². The van der Waals surface area contributed by atoms with E-state index < -0.39 is 69.8 Å². The van der Waals surface area contributed by atoms with E-state index in [1.165, 1.54) is 4.90 Å². The van der Waals surface area contributed by atoms with Crippen LogP contribution >= 0.6 is 23.2 Å². The Balaban J connectivity index is 1.83. The van der Waals surface area contributed by atoms with Crippen molar-refractivity contribution < 1.29 is 35.9 Å². The first-order valence-electron chi connectivity index (χ1n) is 13.5. The Kier molecular flexibility index (Phi) is 9.57. The quantitative estimate of drug-likeness (QED) is 0.357. The largest absolute Gasteiger partial charge is 0.405 e. The molecule has 0 bridgehead atoms. The zero-order chi connectivity index (χ0) is 31.0. The van der Waals surface area contributed by atoms with Crippen LogP contribution in [-0.4, -0.2) is 60.5 Å². The maximum Gasteiger partial charge on any atom is 0.405 e. The average molecular weight is 650 g/mol. The highest BCUT2D eigenvalue weighted by atomic mass is 35.5. The molecule has 4 rings (SSSR count). The van der Waals surface area contributed by atoms with Gasteiger partial charge in [0.25, 0.3) is 5.91 Å². The molecule has 0 spiro atoms. The Hall–Kier alpha value is -2.34. The fourth-order valence-corrected chi connectivity index (χ4v) is 6.75. The molecule has 2 aromatic rings. The van der Waals surface area contributed by atoms with Gasteiger partial charge in [0.15, 0.2) is 9.84 Å². The zero-order valence-electron chi connectivity index (χ0n) is 23.3. The monoisotopic (exact) mass is 648 g/mol. The first-order valence-corrected chi connectivity index (χ1v) is 15.9. The standard InChI is InChI=1S/C29H33Cl2F3N2O5S/c1-28(2,3)42(39,40)15-22(17-7-8-17)36-25(18-9-11-20(30)12-10-18)26(19-5-4-6-21(31)13-19)41-23(27(36)38)14-24(37)35-16-29(32,33)34/h4-6,9-13,17,22-23,25-26H,7-8,14-16H2,1-3H3,(H,35,37)/t22-,23+,25-,26-/m1/s1. The molecule has 1 aliphatic heterocycles. The van der Waals surface area contributed by atoms with Crippen LogP contribution in [0.1, 0.15) is 63.3 Å². The number of halogens is 5. The van der Waals surface area contributed by atoms with Gasteiger partial charge in [0.1, 0.15) is 18.8 Å². The van der Waals surface area contributed by atoms with Gasteiger partial charge >= 0.3 is 6.18 Å². The zero-order valence-corrected chi connectivity index (χ0v) is 25.7. The molecule has 230 valence electrons. The third-order valence-corrected chi connectivity index (χ3v) is 10.7. The summed E-state index contributed by atoms with van der Waals surface area (Å²) in [5, 5.41) is 2.62. The smallest absolute Gasteiger partial charge is 0.357 e. The minimum Gasteiger partial charge on any atom is -0.357 e. The van der Waals surface area contributed by atoms with E-state index in [-0.39, 0.29) is 11.7 Å². The molecule has 7 nitrogen and oxygen atoms in total. The topological polar surface area (TPSA) is 92.8 Å². The number of benzene rings is 2. The number of morpholine rings is 1. The summed E-state index contributed by atoms with van der Waals surface area (Å²) in [4.78, 5) is 28.3. The summed E-state index contributed by atoms with van der Waals surface area (Å²) in [7, 11) is -3.72. The Morgan fingerprint density at radius 2 is 1.69 bits per heavy atom.